The SMILES string of the molecule is CC(C)C(N)Cc1nc2c(S(C)(=O)=O)cccc2n1C. The summed E-state index contributed by atoms with van der Waals surface area (Å²) in [6, 6.07) is 5.22. The van der Waals surface area contributed by atoms with Crippen molar-refractivity contribution >= 4 is 20.9 Å². The van der Waals surface area contributed by atoms with Gasteiger partial charge in [-0.3, -0.25) is 0 Å². The minimum atomic E-state index is -3.28. The first kappa shape index (κ1) is 15.0. The maximum absolute atomic E-state index is 11.8. The lowest BCUT2D eigenvalue weighted by Crippen LogP contribution is -2.29. The molecule has 0 saturated carbocycles. The van der Waals surface area contributed by atoms with Gasteiger partial charge in [0, 0.05) is 25.8 Å². The van der Waals surface area contributed by atoms with Gasteiger partial charge in [0.1, 0.15) is 11.3 Å². The molecule has 0 aliphatic rings. The van der Waals surface area contributed by atoms with Gasteiger partial charge in [0.05, 0.1) is 10.4 Å². The average Bonchev–Trinajstić information content (AvgIpc) is 2.65. The second-order valence-electron chi connectivity index (χ2n) is 5.60. The van der Waals surface area contributed by atoms with E-state index in [9.17, 15) is 8.42 Å². The molecule has 0 aliphatic carbocycles. The Balaban J connectivity index is 2.58. The molecule has 5 nitrogen and oxygen atoms in total. The van der Waals surface area contributed by atoms with E-state index < -0.39 is 9.84 Å². The summed E-state index contributed by atoms with van der Waals surface area (Å²) in [7, 11) is -1.39. The third-order valence-electron chi connectivity index (χ3n) is 3.64. The Labute approximate surface area is 119 Å². The molecule has 0 radical (unpaired) electrons. The molecular weight excluding hydrogens is 274 g/mol. The molecule has 110 valence electrons. The summed E-state index contributed by atoms with van der Waals surface area (Å²) in [5.74, 6) is 1.17. The van der Waals surface area contributed by atoms with E-state index >= 15 is 0 Å². The summed E-state index contributed by atoms with van der Waals surface area (Å²) >= 11 is 0. The standard InChI is InChI=1S/C14H21N3O2S/c1-9(2)10(15)8-13-16-14-11(17(13)3)6-5-7-12(14)20(4,18)19/h5-7,9-10H,8,15H2,1-4H3. The number of fused-ring (bicyclic) bond motifs is 1. The molecule has 1 atom stereocenters. The van der Waals surface area contributed by atoms with E-state index in [1.807, 2.05) is 17.7 Å². The summed E-state index contributed by atoms with van der Waals surface area (Å²) in [6.45, 7) is 4.13. The van der Waals surface area contributed by atoms with E-state index in [2.05, 4.69) is 18.8 Å². The Morgan fingerprint density at radius 1 is 1.35 bits per heavy atom. The van der Waals surface area contributed by atoms with Gasteiger partial charge < -0.3 is 10.3 Å². The molecule has 1 heterocycles. The Hall–Kier alpha value is -1.40. The number of benzene rings is 1. The number of imidazole rings is 1. The number of hydrogen-bond acceptors (Lipinski definition) is 4. The summed E-state index contributed by atoms with van der Waals surface area (Å²) in [4.78, 5) is 4.78. The van der Waals surface area contributed by atoms with Crippen LogP contribution in [0.1, 0.15) is 19.7 Å². The quantitative estimate of drug-likeness (QED) is 0.927. The Morgan fingerprint density at radius 3 is 2.55 bits per heavy atom. The summed E-state index contributed by atoms with van der Waals surface area (Å²) in [5.41, 5.74) is 7.44. The van der Waals surface area contributed by atoms with Crippen LogP contribution in [-0.4, -0.2) is 30.3 Å². The van der Waals surface area contributed by atoms with Gasteiger partial charge in [-0.05, 0) is 18.1 Å². The summed E-state index contributed by atoms with van der Waals surface area (Å²) in [6.07, 6.45) is 1.84. The maximum Gasteiger partial charge on any atom is 0.177 e. The van der Waals surface area contributed by atoms with Crippen molar-refractivity contribution in [1.29, 1.82) is 0 Å². The van der Waals surface area contributed by atoms with Gasteiger partial charge >= 0.3 is 0 Å². The van der Waals surface area contributed by atoms with Crippen LogP contribution < -0.4 is 5.73 Å². The van der Waals surface area contributed by atoms with Crippen LogP contribution in [0.3, 0.4) is 0 Å². The lowest BCUT2D eigenvalue weighted by atomic mass is 10.0. The van der Waals surface area contributed by atoms with E-state index in [1.165, 1.54) is 6.26 Å². The topological polar surface area (TPSA) is 78.0 Å². The molecule has 1 unspecified atom stereocenters. The molecule has 20 heavy (non-hydrogen) atoms. The highest BCUT2D eigenvalue weighted by Crippen LogP contribution is 2.23. The molecule has 0 aliphatic heterocycles. The van der Waals surface area contributed by atoms with Gasteiger partial charge in [0.15, 0.2) is 9.84 Å². The van der Waals surface area contributed by atoms with E-state index in [1.54, 1.807) is 12.1 Å². The fraction of sp³-hybridized carbons (Fsp3) is 0.500. The van der Waals surface area contributed by atoms with E-state index in [-0.39, 0.29) is 10.9 Å². The molecule has 0 spiro atoms. The number of nitrogens with zero attached hydrogens (tertiary/aromatic N) is 2. The van der Waals surface area contributed by atoms with Crippen molar-refractivity contribution in [2.75, 3.05) is 6.26 Å². The Morgan fingerprint density at radius 2 is 2.00 bits per heavy atom. The molecule has 0 fully saturated rings. The number of para-hydroxylation sites is 1. The highest BCUT2D eigenvalue weighted by atomic mass is 32.2. The van der Waals surface area contributed by atoms with Crippen molar-refractivity contribution in [2.45, 2.75) is 31.2 Å². The number of sulfone groups is 1. The van der Waals surface area contributed by atoms with Crippen LogP contribution in [0.2, 0.25) is 0 Å². The maximum atomic E-state index is 11.8. The van der Waals surface area contributed by atoms with Crippen molar-refractivity contribution < 1.29 is 8.42 Å². The van der Waals surface area contributed by atoms with Gasteiger partial charge in [-0.15, -0.1) is 0 Å². The first-order chi connectivity index (χ1) is 9.21. The van der Waals surface area contributed by atoms with Gasteiger partial charge in [0.25, 0.3) is 0 Å². The molecular formula is C14H21N3O2S. The van der Waals surface area contributed by atoms with Crippen molar-refractivity contribution in [1.82, 2.24) is 9.55 Å². The molecule has 0 bridgehead atoms. The molecule has 1 aromatic heterocycles. The second-order valence-corrected chi connectivity index (χ2v) is 7.58. The minimum Gasteiger partial charge on any atom is -0.331 e. The monoisotopic (exact) mass is 295 g/mol. The van der Waals surface area contributed by atoms with Gasteiger partial charge in [-0.25, -0.2) is 13.4 Å². The van der Waals surface area contributed by atoms with Crippen LogP contribution >= 0.6 is 0 Å². The second kappa shape index (κ2) is 5.18. The lowest BCUT2D eigenvalue weighted by Gasteiger charge is -2.14. The summed E-state index contributed by atoms with van der Waals surface area (Å²) < 4.78 is 25.6. The highest BCUT2D eigenvalue weighted by Gasteiger charge is 2.19. The zero-order chi connectivity index (χ0) is 15.1. The van der Waals surface area contributed by atoms with Crippen LogP contribution in [0.5, 0.6) is 0 Å². The molecule has 2 rings (SSSR count). The van der Waals surface area contributed by atoms with Crippen molar-refractivity contribution in [2.24, 2.45) is 18.7 Å². The first-order valence-electron chi connectivity index (χ1n) is 6.61. The van der Waals surface area contributed by atoms with Crippen molar-refractivity contribution in [3.8, 4) is 0 Å². The summed E-state index contributed by atoms with van der Waals surface area (Å²) in [5, 5.41) is 0. The Bertz CT molecular complexity index is 732. The largest absolute Gasteiger partial charge is 0.331 e. The fourth-order valence-electron chi connectivity index (χ4n) is 2.17. The van der Waals surface area contributed by atoms with Crippen molar-refractivity contribution in [3.63, 3.8) is 0 Å². The van der Waals surface area contributed by atoms with Gasteiger partial charge in [-0.1, -0.05) is 19.9 Å². The number of aromatic nitrogens is 2. The zero-order valence-corrected chi connectivity index (χ0v) is 13.1. The lowest BCUT2D eigenvalue weighted by molar-refractivity contribution is 0.477. The Kier molecular flexibility index (Phi) is 3.88. The number of nitrogens with two attached hydrogens (primary N) is 1. The highest BCUT2D eigenvalue weighted by molar-refractivity contribution is 7.91. The van der Waals surface area contributed by atoms with Crippen LogP contribution in [0.4, 0.5) is 0 Å². The fourth-order valence-corrected chi connectivity index (χ4v) is 2.99. The number of hydrogen-bond donors (Lipinski definition) is 1. The molecule has 2 N–H and O–H groups in total. The smallest absolute Gasteiger partial charge is 0.177 e. The number of rotatable bonds is 4. The molecule has 2 aromatic rings. The minimum absolute atomic E-state index is 0.00666. The van der Waals surface area contributed by atoms with E-state index in [4.69, 9.17) is 5.73 Å². The zero-order valence-electron chi connectivity index (χ0n) is 12.3. The van der Waals surface area contributed by atoms with Gasteiger partial charge in [-0.2, -0.15) is 0 Å². The normalized spacial score (nSPS) is 14.1. The predicted molar refractivity (Wildman–Crippen MR) is 80.3 cm³/mol. The van der Waals surface area contributed by atoms with Crippen LogP contribution in [0.15, 0.2) is 23.1 Å². The van der Waals surface area contributed by atoms with Crippen LogP contribution in [0.25, 0.3) is 11.0 Å². The van der Waals surface area contributed by atoms with E-state index in [0.29, 0.717) is 17.9 Å². The number of aryl methyl sites for hydroxylation is 1. The third kappa shape index (κ3) is 2.71. The molecule has 1 aromatic carbocycles. The van der Waals surface area contributed by atoms with Crippen LogP contribution in [0, 0.1) is 5.92 Å². The average molecular weight is 295 g/mol. The van der Waals surface area contributed by atoms with Crippen molar-refractivity contribution in [3.05, 3.63) is 24.0 Å². The first-order valence-corrected chi connectivity index (χ1v) is 8.51. The molecule has 0 amide bonds. The molecule has 0 saturated heterocycles. The predicted octanol–water partition coefficient (Wildman–Crippen LogP) is 1.50. The molecule has 6 heteroatoms. The van der Waals surface area contributed by atoms with E-state index in [0.717, 1.165) is 11.3 Å². The third-order valence-corrected chi connectivity index (χ3v) is 4.77. The van der Waals surface area contributed by atoms with Crippen LogP contribution in [-0.2, 0) is 23.3 Å². The van der Waals surface area contributed by atoms with Gasteiger partial charge in [0.2, 0.25) is 0 Å².